The molecule has 4 heteroatoms. The lowest BCUT2D eigenvalue weighted by Gasteiger charge is -2.08. The number of H-pyrrole nitrogens is 1. The number of nitrogens with one attached hydrogen (secondary N) is 2. The van der Waals surface area contributed by atoms with Gasteiger partial charge in [-0.05, 0) is 32.0 Å². The van der Waals surface area contributed by atoms with Gasteiger partial charge < -0.3 is 10.3 Å². The van der Waals surface area contributed by atoms with Crippen molar-refractivity contribution in [2.45, 2.75) is 33.1 Å². The lowest BCUT2D eigenvalue weighted by Crippen LogP contribution is -2.21. The Morgan fingerprint density at radius 3 is 2.00 bits per heavy atom. The lowest BCUT2D eigenvalue weighted by molar-refractivity contribution is 0.520. The van der Waals surface area contributed by atoms with E-state index in [2.05, 4.69) is 10.3 Å². The third kappa shape index (κ3) is 8.50. The molecule has 0 amide bonds. The summed E-state index contributed by atoms with van der Waals surface area (Å²) in [4.78, 5) is 12.7. The van der Waals surface area contributed by atoms with E-state index in [1.165, 1.54) is 38.4 Å². The highest BCUT2D eigenvalue weighted by atomic mass is 35.5. The largest absolute Gasteiger partial charge is 0.317 e. The van der Waals surface area contributed by atoms with Crippen molar-refractivity contribution in [3.8, 4) is 0 Å². The summed E-state index contributed by atoms with van der Waals surface area (Å²) >= 11 is 5.39. The van der Waals surface area contributed by atoms with Gasteiger partial charge in [0.1, 0.15) is 5.15 Å². The predicted octanol–water partition coefficient (Wildman–Crippen LogP) is 2.81. The van der Waals surface area contributed by atoms with Crippen molar-refractivity contribution in [1.29, 1.82) is 0 Å². The van der Waals surface area contributed by atoms with E-state index in [1.54, 1.807) is 12.1 Å². The van der Waals surface area contributed by atoms with Gasteiger partial charge in [-0.25, -0.2) is 0 Å². The van der Waals surface area contributed by atoms with Crippen LogP contribution < -0.4 is 10.9 Å². The molecule has 2 heterocycles. The van der Waals surface area contributed by atoms with Crippen molar-refractivity contribution >= 4 is 11.6 Å². The fraction of sp³-hybridized carbons (Fsp3) is 0.583. The minimum Gasteiger partial charge on any atom is -0.317 e. The highest BCUT2D eigenvalue weighted by molar-refractivity contribution is 6.29. The number of hydrogen-bond acceptors (Lipinski definition) is 2. The van der Waals surface area contributed by atoms with E-state index in [0.717, 1.165) is 0 Å². The van der Waals surface area contributed by atoms with E-state index in [9.17, 15) is 4.79 Å². The fourth-order valence-electron chi connectivity index (χ4n) is 1.22. The van der Waals surface area contributed by atoms with Crippen LogP contribution in [0.4, 0.5) is 0 Å². The van der Waals surface area contributed by atoms with Crippen LogP contribution in [0.5, 0.6) is 0 Å². The predicted molar refractivity (Wildman–Crippen MR) is 70.1 cm³/mol. The lowest BCUT2D eigenvalue weighted by atomic mass is 10.2. The van der Waals surface area contributed by atoms with Crippen LogP contribution in [-0.2, 0) is 0 Å². The number of halogens is 1. The SMILES string of the molecule is C1CCNCC1.CC.O=c1cccc(Cl)[nH]1. The molecule has 0 aromatic carbocycles. The maximum Gasteiger partial charge on any atom is 0.249 e. The highest BCUT2D eigenvalue weighted by Gasteiger charge is 1.93. The molecule has 1 aliphatic heterocycles. The van der Waals surface area contributed by atoms with Gasteiger partial charge in [-0.15, -0.1) is 0 Å². The highest BCUT2D eigenvalue weighted by Crippen LogP contribution is 1.96. The van der Waals surface area contributed by atoms with Gasteiger partial charge in [-0.1, -0.05) is 37.9 Å². The van der Waals surface area contributed by atoms with Crippen LogP contribution in [-0.4, -0.2) is 18.1 Å². The zero-order valence-electron chi connectivity index (χ0n) is 10.1. The van der Waals surface area contributed by atoms with E-state index in [4.69, 9.17) is 11.6 Å². The molecule has 2 N–H and O–H groups in total. The summed E-state index contributed by atoms with van der Waals surface area (Å²) in [5.41, 5.74) is -0.169. The van der Waals surface area contributed by atoms with Gasteiger partial charge in [0.2, 0.25) is 5.56 Å². The molecule has 1 aromatic heterocycles. The second-order valence-corrected chi connectivity index (χ2v) is 3.58. The molecule has 1 aliphatic rings. The number of aromatic amines is 1. The number of hydrogen-bond donors (Lipinski definition) is 2. The molecule has 2 rings (SSSR count). The third-order valence-electron chi connectivity index (χ3n) is 1.94. The van der Waals surface area contributed by atoms with E-state index >= 15 is 0 Å². The molecule has 0 bridgehead atoms. The first-order valence-electron chi connectivity index (χ1n) is 5.84. The van der Waals surface area contributed by atoms with Crippen LogP contribution in [0.1, 0.15) is 33.1 Å². The zero-order valence-corrected chi connectivity index (χ0v) is 10.8. The molecule has 0 radical (unpaired) electrons. The Morgan fingerprint density at radius 2 is 1.75 bits per heavy atom. The molecule has 0 saturated carbocycles. The summed E-state index contributed by atoms with van der Waals surface area (Å²) in [6, 6.07) is 4.62. The first-order chi connectivity index (χ1) is 7.79. The van der Waals surface area contributed by atoms with Crippen LogP contribution in [0, 0.1) is 0 Å². The quantitative estimate of drug-likeness (QED) is 0.690. The molecule has 0 atom stereocenters. The minimum absolute atomic E-state index is 0.169. The fourth-order valence-corrected chi connectivity index (χ4v) is 1.39. The molecule has 0 unspecified atom stereocenters. The second-order valence-electron chi connectivity index (χ2n) is 3.17. The standard InChI is InChI=1S/C5H4ClNO.C5H11N.C2H6/c6-4-2-1-3-5(8)7-4;1-2-4-6-5-3-1;1-2/h1-3H,(H,7,8);6H,1-5H2;1-2H3. The van der Waals surface area contributed by atoms with Gasteiger partial charge in [0.05, 0.1) is 0 Å². The van der Waals surface area contributed by atoms with Gasteiger partial charge in [-0.3, -0.25) is 4.79 Å². The summed E-state index contributed by atoms with van der Waals surface area (Å²) in [5, 5.41) is 3.66. The Hall–Kier alpha value is -0.800. The van der Waals surface area contributed by atoms with Crippen LogP contribution >= 0.6 is 11.6 Å². The minimum atomic E-state index is -0.169. The molecule has 1 saturated heterocycles. The Kier molecular flexibility index (Phi) is 10.2. The maximum atomic E-state index is 10.4. The maximum absolute atomic E-state index is 10.4. The summed E-state index contributed by atoms with van der Waals surface area (Å²) in [6.07, 6.45) is 4.22. The molecule has 92 valence electrons. The number of piperidine rings is 1. The van der Waals surface area contributed by atoms with Crippen molar-refractivity contribution in [3.63, 3.8) is 0 Å². The average Bonchev–Trinajstić information content (AvgIpc) is 2.34. The summed E-state index contributed by atoms with van der Waals surface area (Å²) in [5.74, 6) is 0. The van der Waals surface area contributed by atoms with Crippen molar-refractivity contribution in [1.82, 2.24) is 10.3 Å². The Morgan fingerprint density at radius 1 is 1.12 bits per heavy atom. The van der Waals surface area contributed by atoms with E-state index in [1.807, 2.05) is 13.8 Å². The molecule has 3 nitrogen and oxygen atoms in total. The smallest absolute Gasteiger partial charge is 0.249 e. The summed E-state index contributed by atoms with van der Waals surface area (Å²) < 4.78 is 0. The van der Waals surface area contributed by atoms with Crippen LogP contribution in [0.25, 0.3) is 0 Å². The van der Waals surface area contributed by atoms with Crippen molar-refractivity contribution < 1.29 is 0 Å². The van der Waals surface area contributed by atoms with Gasteiger partial charge in [0.15, 0.2) is 0 Å². The zero-order chi connectivity index (χ0) is 12.2. The van der Waals surface area contributed by atoms with Gasteiger partial charge in [-0.2, -0.15) is 0 Å². The molecule has 16 heavy (non-hydrogen) atoms. The van der Waals surface area contributed by atoms with E-state index < -0.39 is 0 Å². The van der Waals surface area contributed by atoms with Crippen molar-refractivity contribution in [2.75, 3.05) is 13.1 Å². The van der Waals surface area contributed by atoms with Gasteiger partial charge >= 0.3 is 0 Å². The normalized spacial score (nSPS) is 13.9. The van der Waals surface area contributed by atoms with Crippen molar-refractivity contribution in [2.24, 2.45) is 0 Å². The number of pyridine rings is 1. The Bertz CT molecular complexity index is 296. The Balaban J connectivity index is 0.000000251. The number of rotatable bonds is 0. The molecule has 0 spiro atoms. The molecular formula is C12H21ClN2O. The van der Waals surface area contributed by atoms with Crippen molar-refractivity contribution in [3.05, 3.63) is 33.7 Å². The van der Waals surface area contributed by atoms with Gasteiger partial charge in [0.25, 0.3) is 0 Å². The molecule has 1 aromatic rings. The first kappa shape index (κ1) is 15.2. The molecule has 0 aliphatic carbocycles. The number of aromatic nitrogens is 1. The monoisotopic (exact) mass is 244 g/mol. The molecule has 1 fully saturated rings. The van der Waals surface area contributed by atoms with E-state index in [0.29, 0.717) is 5.15 Å². The summed E-state index contributed by atoms with van der Waals surface area (Å²) in [6.45, 7) is 6.50. The first-order valence-corrected chi connectivity index (χ1v) is 6.22. The van der Waals surface area contributed by atoms with Crippen LogP contribution in [0.2, 0.25) is 5.15 Å². The molecular weight excluding hydrogens is 224 g/mol. The second kappa shape index (κ2) is 10.7. The Labute approximate surface area is 102 Å². The van der Waals surface area contributed by atoms with E-state index in [-0.39, 0.29) is 5.56 Å². The van der Waals surface area contributed by atoms with Gasteiger partial charge in [0, 0.05) is 6.07 Å². The van der Waals surface area contributed by atoms with Crippen LogP contribution in [0.3, 0.4) is 0 Å². The van der Waals surface area contributed by atoms with Crippen LogP contribution in [0.15, 0.2) is 23.0 Å². The summed E-state index contributed by atoms with van der Waals surface area (Å²) in [7, 11) is 0. The topological polar surface area (TPSA) is 44.9 Å². The average molecular weight is 245 g/mol. The third-order valence-corrected chi connectivity index (χ3v) is 2.16.